The van der Waals surface area contributed by atoms with Crippen LogP contribution in [-0.4, -0.2) is 60.0 Å². The second kappa shape index (κ2) is 10.9. The number of hydrogen-bond acceptors (Lipinski definition) is 7. The van der Waals surface area contributed by atoms with E-state index in [1.54, 1.807) is 25.4 Å². The molecule has 0 unspecified atom stereocenters. The summed E-state index contributed by atoms with van der Waals surface area (Å²) < 4.78 is 30.8. The second-order valence-corrected chi connectivity index (χ2v) is 10.6. The number of nitrogens with zero attached hydrogens (tertiary/aromatic N) is 1. The molecule has 186 valence electrons. The van der Waals surface area contributed by atoms with Gasteiger partial charge >= 0.3 is 5.97 Å². The van der Waals surface area contributed by atoms with E-state index >= 15 is 0 Å². The highest BCUT2D eigenvalue weighted by molar-refractivity contribution is 7.93. The van der Waals surface area contributed by atoms with Gasteiger partial charge in [-0.15, -0.1) is 5.92 Å². The summed E-state index contributed by atoms with van der Waals surface area (Å²) in [6, 6.07) is 10.8. The van der Waals surface area contributed by atoms with Crippen molar-refractivity contribution in [3.8, 4) is 17.6 Å². The maximum atomic E-state index is 13.6. The number of rotatable bonds is 8. The molecule has 3 rings (SSSR count). The van der Waals surface area contributed by atoms with Gasteiger partial charge in [0, 0.05) is 19.6 Å². The molecule has 3 N–H and O–H groups in total. The lowest BCUT2D eigenvalue weighted by Gasteiger charge is -2.39. The monoisotopic (exact) mass is 500 g/mol. The molecule has 1 amide bonds. The van der Waals surface area contributed by atoms with Crippen LogP contribution >= 0.6 is 0 Å². The lowest BCUT2D eigenvalue weighted by molar-refractivity contribution is -0.133. The van der Waals surface area contributed by atoms with Crippen LogP contribution in [0.1, 0.15) is 41.3 Å². The average molecular weight is 501 g/mol. The van der Waals surface area contributed by atoms with Crippen LogP contribution in [-0.2, 0) is 21.2 Å². The Balaban J connectivity index is 1.81. The number of hydrogen-bond donors (Lipinski definition) is 3. The lowest BCUT2D eigenvalue weighted by Crippen LogP contribution is -2.57. The third kappa shape index (κ3) is 5.32. The van der Waals surface area contributed by atoms with E-state index in [0.717, 1.165) is 5.56 Å². The van der Waals surface area contributed by atoms with Gasteiger partial charge in [-0.2, -0.15) is 0 Å². The van der Waals surface area contributed by atoms with E-state index < -0.39 is 26.5 Å². The zero-order valence-electron chi connectivity index (χ0n) is 19.6. The van der Waals surface area contributed by atoms with Gasteiger partial charge in [-0.3, -0.25) is 14.9 Å². The number of carbonyl (C=O) groups excluding carboxylic acids is 1. The van der Waals surface area contributed by atoms with Gasteiger partial charge in [0.25, 0.3) is 5.91 Å². The molecule has 2 aromatic rings. The van der Waals surface area contributed by atoms with Gasteiger partial charge in [0.2, 0.25) is 0 Å². The number of aromatic carboxylic acids is 1. The van der Waals surface area contributed by atoms with Gasteiger partial charge in [-0.05, 0) is 68.1 Å². The van der Waals surface area contributed by atoms with E-state index in [-0.39, 0.29) is 43.0 Å². The quantitative estimate of drug-likeness (QED) is 0.286. The number of benzene rings is 2. The van der Waals surface area contributed by atoms with Crippen molar-refractivity contribution in [2.75, 3.05) is 19.7 Å². The minimum Gasteiger partial charge on any atom is -0.481 e. The molecule has 9 nitrogen and oxygen atoms in total. The Kier molecular flexibility index (Phi) is 8.17. The van der Waals surface area contributed by atoms with Crippen LogP contribution in [0.4, 0.5) is 0 Å². The molecular formula is C25H28N2O7S. The zero-order chi connectivity index (χ0) is 25.6. The number of hydroxylamine groups is 1. The number of likely N-dealkylation sites (tertiary alicyclic amines) is 1. The van der Waals surface area contributed by atoms with Crippen molar-refractivity contribution < 1.29 is 33.1 Å². The molecule has 0 atom stereocenters. The van der Waals surface area contributed by atoms with E-state index in [1.807, 2.05) is 11.0 Å². The fraction of sp³-hybridized carbons (Fsp3) is 0.360. The normalized spacial score (nSPS) is 15.5. The minimum absolute atomic E-state index is 0.0380. The highest BCUT2D eigenvalue weighted by atomic mass is 32.2. The van der Waals surface area contributed by atoms with Gasteiger partial charge in [0.1, 0.15) is 12.4 Å². The third-order valence-corrected chi connectivity index (χ3v) is 8.90. The van der Waals surface area contributed by atoms with Gasteiger partial charge in [-0.1, -0.05) is 18.1 Å². The van der Waals surface area contributed by atoms with Crippen molar-refractivity contribution in [1.29, 1.82) is 0 Å². The summed E-state index contributed by atoms with van der Waals surface area (Å²) >= 11 is 0. The molecule has 35 heavy (non-hydrogen) atoms. The third-order valence-electron chi connectivity index (χ3n) is 6.39. The fourth-order valence-electron chi connectivity index (χ4n) is 4.25. The van der Waals surface area contributed by atoms with Crippen molar-refractivity contribution in [1.82, 2.24) is 10.4 Å². The number of amides is 1. The standard InChI is InChI=1S/C25H28N2O7S/c1-3-4-16-34-20-8-10-21(11-9-20)35(32,33)25(24(30)26-31)12-14-27(15-13-25)17-19-6-5-7-22(18(19)2)23(28)29/h5-11,31H,12-17H2,1-2H3,(H,26,30)(H,28,29). The van der Waals surface area contributed by atoms with Gasteiger partial charge in [0.15, 0.2) is 14.6 Å². The minimum atomic E-state index is -4.16. The molecule has 1 heterocycles. The Morgan fingerprint density at radius 2 is 1.80 bits per heavy atom. The summed E-state index contributed by atoms with van der Waals surface area (Å²) in [6.07, 6.45) is -0.0759. The maximum absolute atomic E-state index is 13.6. The number of carbonyl (C=O) groups is 2. The van der Waals surface area contributed by atoms with Crippen molar-refractivity contribution in [2.45, 2.75) is 42.9 Å². The van der Waals surface area contributed by atoms with E-state index in [2.05, 4.69) is 11.8 Å². The van der Waals surface area contributed by atoms with Crippen molar-refractivity contribution >= 4 is 21.7 Å². The Bertz CT molecular complexity index is 1250. The van der Waals surface area contributed by atoms with E-state index in [9.17, 15) is 28.3 Å². The van der Waals surface area contributed by atoms with E-state index in [1.165, 1.54) is 30.3 Å². The summed E-state index contributed by atoms with van der Waals surface area (Å²) in [5, 5.41) is 18.7. The van der Waals surface area contributed by atoms with Crippen molar-refractivity contribution in [3.63, 3.8) is 0 Å². The largest absolute Gasteiger partial charge is 0.481 e. The number of ether oxygens (including phenoxy) is 1. The summed E-state index contributed by atoms with van der Waals surface area (Å²) in [4.78, 5) is 26.1. The van der Waals surface area contributed by atoms with Gasteiger partial charge in [0.05, 0.1) is 10.5 Å². The maximum Gasteiger partial charge on any atom is 0.335 e. The van der Waals surface area contributed by atoms with Crippen molar-refractivity contribution in [2.24, 2.45) is 0 Å². The highest BCUT2D eigenvalue weighted by Gasteiger charge is 2.52. The zero-order valence-corrected chi connectivity index (χ0v) is 20.4. The fourth-order valence-corrected chi connectivity index (χ4v) is 6.21. The van der Waals surface area contributed by atoms with Crippen LogP contribution in [0, 0.1) is 18.8 Å². The molecular weight excluding hydrogens is 472 g/mol. The first-order valence-electron chi connectivity index (χ1n) is 11.0. The van der Waals surface area contributed by atoms with Gasteiger partial charge in [-0.25, -0.2) is 18.7 Å². The molecule has 0 bridgehead atoms. The van der Waals surface area contributed by atoms with Crippen LogP contribution in [0.2, 0.25) is 0 Å². The second-order valence-electron chi connectivity index (χ2n) is 8.30. The molecule has 0 radical (unpaired) electrons. The SMILES string of the molecule is CC#CCOc1ccc(S(=O)(=O)C2(C(=O)NO)CCN(Cc3cccc(C(=O)O)c3C)CC2)cc1. The van der Waals surface area contributed by atoms with Crippen LogP contribution in [0.15, 0.2) is 47.4 Å². The molecule has 1 aliphatic rings. The number of carboxylic acid groups (broad SMARTS) is 1. The molecule has 0 saturated carbocycles. The topological polar surface area (TPSA) is 133 Å². The summed E-state index contributed by atoms with van der Waals surface area (Å²) in [5.41, 5.74) is 3.22. The highest BCUT2D eigenvalue weighted by Crippen LogP contribution is 2.37. The number of sulfone groups is 1. The number of carboxylic acids is 1. The van der Waals surface area contributed by atoms with Crippen LogP contribution in [0.25, 0.3) is 0 Å². The molecule has 0 aromatic heterocycles. The van der Waals surface area contributed by atoms with Gasteiger partial charge < -0.3 is 9.84 Å². The smallest absolute Gasteiger partial charge is 0.335 e. The summed E-state index contributed by atoms with van der Waals surface area (Å²) in [7, 11) is -4.16. The van der Waals surface area contributed by atoms with Crippen LogP contribution in [0.3, 0.4) is 0 Å². The first-order chi connectivity index (χ1) is 16.7. The molecule has 0 aliphatic carbocycles. The predicted molar refractivity (Wildman–Crippen MR) is 128 cm³/mol. The lowest BCUT2D eigenvalue weighted by atomic mass is 9.94. The van der Waals surface area contributed by atoms with Crippen molar-refractivity contribution in [3.05, 3.63) is 59.2 Å². The summed E-state index contributed by atoms with van der Waals surface area (Å²) in [6.45, 7) is 4.53. The average Bonchev–Trinajstić information content (AvgIpc) is 2.85. The first-order valence-corrected chi connectivity index (χ1v) is 12.5. The molecule has 1 saturated heterocycles. The Labute approximate surface area is 204 Å². The summed E-state index contributed by atoms with van der Waals surface area (Å²) in [5.74, 6) is 3.91. The van der Waals surface area contributed by atoms with E-state index in [4.69, 9.17) is 4.74 Å². The Morgan fingerprint density at radius 3 is 2.37 bits per heavy atom. The molecule has 10 heteroatoms. The molecule has 2 aromatic carbocycles. The number of piperidine rings is 1. The molecule has 1 fully saturated rings. The number of nitrogens with one attached hydrogen (secondary N) is 1. The Morgan fingerprint density at radius 1 is 1.14 bits per heavy atom. The molecule has 0 spiro atoms. The van der Waals surface area contributed by atoms with Crippen LogP contribution < -0.4 is 10.2 Å². The van der Waals surface area contributed by atoms with E-state index in [0.29, 0.717) is 17.9 Å². The molecule has 1 aliphatic heterocycles. The Hall–Kier alpha value is -3.39. The van der Waals surface area contributed by atoms with Crippen LogP contribution in [0.5, 0.6) is 5.75 Å². The predicted octanol–water partition coefficient (Wildman–Crippen LogP) is 2.41. The first kappa shape index (κ1) is 26.2.